The van der Waals surface area contributed by atoms with Crippen LogP contribution in [0.5, 0.6) is 0 Å². The number of fused-ring (bicyclic) bond motifs is 1. The molecule has 0 N–H and O–H groups in total. The Morgan fingerprint density at radius 1 is 1.17 bits per heavy atom. The highest BCUT2D eigenvalue weighted by atomic mass is 16.5. The summed E-state index contributed by atoms with van der Waals surface area (Å²) in [5.41, 5.74) is 3.67. The summed E-state index contributed by atoms with van der Waals surface area (Å²) in [6.07, 6.45) is 12.7. The van der Waals surface area contributed by atoms with E-state index in [1.54, 1.807) is 7.11 Å². The fraction of sp³-hybridized carbons (Fsp3) is 0.125. The lowest BCUT2D eigenvalue weighted by molar-refractivity contribution is 0.135. The lowest BCUT2D eigenvalue weighted by Crippen LogP contribution is -1.96. The lowest BCUT2D eigenvalue weighted by Gasteiger charge is -2.01. The van der Waals surface area contributed by atoms with E-state index < -0.39 is 0 Å². The van der Waals surface area contributed by atoms with Crippen molar-refractivity contribution < 1.29 is 4.74 Å². The molecule has 1 heterocycles. The molecule has 0 fully saturated rings. The molecule has 0 aliphatic heterocycles. The van der Waals surface area contributed by atoms with Crippen LogP contribution in [0.2, 0.25) is 0 Å². The molecule has 18 heavy (non-hydrogen) atoms. The van der Waals surface area contributed by atoms with Crippen molar-refractivity contribution in [2.75, 3.05) is 7.11 Å². The van der Waals surface area contributed by atoms with Gasteiger partial charge >= 0.3 is 0 Å². The first-order valence-electron chi connectivity index (χ1n) is 6.02. The molecule has 0 atom stereocenters. The number of aromatic nitrogens is 1. The molecule has 1 aromatic heterocycles. The topological polar surface area (TPSA) is 14.2 Å². The molecule has 2 nitrogen and oxygen atoms in total. The minimum absolute atomic E-state index is 0.579. The Bertz CT molecular complexity index is 645. The summed E-state index contributed by atoms with van der Waals surface area (Å²) in [6, 6.07) is 8.40. The van der Waals surface area contributed by atoms with E-state index in [4.69, 9.17) is 4.74 Å². The van der Waals surface area contributed by atoms with Crippen molar-refractivity contribution in [3.8, 4) is 0 Å². The zero-order valence-corrected chi connectivity index (χ0v) is 10.3. The molecule has 2 heteroatoms. The van der Waals surface area contributed by atoms with E-state index in [2.05, 4.69) is 65.4 Å². The van der Waals surface area contributed by atoms with E-state index in [9.17, 15) is 0 Å². The molecule has 0 bridgehead atoms. The summed E-state index contributed by atoms with van der Waals surface area (Å²) in [4.78, 5) is 0. The molecule has 2 aromatic rings. The summed E-state index contributed by atoms with van der Waals surface area (Å²) in [6.45, 7) is 0.579. The fourth-order valence-corrected chi connectivity index (χ4v) is 2.30. The van der Waals surface area contributed by atoms with Crippen LogP contribution in [0, 0.1) is 0 Å². The molecule has 3 rings (SSSR count). The molecular formula is C16H15NO. The van der Waals surface area contributed by atoms with Crippen molar-refractivity contribution in [1.29, 1.82) is 0 Å². The summed E-state index contributed by atoms with van der Waals surface area (Å²) >= 11 is 0. The van der Waals surface area contributed by atoms with Crippen LogP contribution >= 0.6 is 0 Å². The number of rotatable bonds is 3. The third-order valence-corrected chi connectivity index (χ3v) is 3.10. The number of allylic oxidation sites excluding steroid dienone is 5. The van der Waals surface area contributed by atoms with Crippen LogP contribution in [0.1, 0.15) is 5.56 Å². The Hall–Kier alpha value is -2.06. The first kappa shape index (κ1) is 11.1. The maximum atomic E-state index is 5.23. The zero-order chi connectivity index (χ0) is 12.4. The highest BCUT2D eigenvalue weighted by molar-refractivity contribution is 5.90. The van der Waals surface area contributed by atoms with E-state index >= 15 is 0 Å². The predicted molar refractivity (Wildman–Crippen MR) is 75.2 cm³/mol. The van der Waals surface area contributed by atoms with E-state index in [0.29, 0.717) is 6.73 Å². The standard InChI is InChI=1S/C16H15NO/c1-18-12-17-11-14(10-13-6-2-3-7-13)15-8-4-5-9-16(15)17/h2-11H,12H2,1H3. The van der Waals surface area contributed by atoms with Gasteiger partial charge in [-0.2, -0.15) is 0 Å². The second-order valence-corrected chi connectivity index (χ2v) is 4.35. The van der Waals surface area contributed by atoms with Gasteiger partial charge in [-0.3, -0.25) is 0 Å². The van der Waals surface area contributed by atoms with Gasteiger partial charge < -0.3 is 9.30 Å². The van der Waals surface area contributed by atoms with Gasteiger partial charge in [0, 0.05) is 24.3 Å². The fourth-order valence-electron chi connectivity index (χ4n) is 2.30. The molecule has 1 aliphatic rings. The van der Waals surface area contributed by atoms with Gasteiger partial charge in [0.2, 0.25) is 0 Å². The van der Waals surface area contributed by atoms with Crippen molar-refractivity contribution >= 4 is 17.0 Å². The summed E-state index contributed by atoms with van der Waals surface area (Å²) in [5, 5.41) is 1.26. The number of nitrogens with zero attached hydrogens (tertiary/aromatic N) is 1. The maximum Gasteiger partial charge on any atom is 0.122 e. The molecule has 0 unspecified atom stereocenters. The highest BCUT2D eigenvalue weighted by Gasteiger charge is 2.06. The van der Waals surface area contributed by atoms with Crippen LogP contribution in [0.25, 0.3) is 17.0 Å². The van der Waals surface area contributed by atoms with Gasteiger partial charge in [-0.15, -0.1) is 0 Å². The molecule has 0 radical (unpaired) electrons. The smallest absolute Gasteiger partial charge is 0.122 e. The van der Waals surface area contributed by atoms with Crippen LogP contribution in [0.15, 0.2) is 60.3 Å². The number of methoxy groups -OCH3 is 1. The second-order valence-electron chi connectivity index (χ2n) is 4.35. The van der Waals surface area contributed by atoms with E-state index in [0.717, 1.165) is 0 Å². The van der Waals surface area contributed by atoms with Gasteiger partial charge in [0.25, 0.3) is 0 Å². The van der Waals surface area contributed by atoms with Crippen LogP contribution in [-0.4, -0.2) is 11.7 Å². The minimum atomic E-state index is 0.579. The average molecular weight is 237 g/mol. The molecule has 90 valence electrons. The van der Waals surface area contributed by atoms with Crippen molar-refractivity contribution in [2.45, 2.75) is 6.73 Å². The van der Waals surface area contributed by atoms with E-state index in [1.165, 1.54) is 22.0 Å². The number of hydrogen-bond donors (Lipinski definition) is 0. The largest absolute Gasteiger partial charge is 0.364 e. The summed E-state index contributed by atoms with van der Waals surface area (Å²) in [7, 11) is 1.72. The first-order valence-corrected chi connectivity index (χ1v) is 6.02. The number of ether oxygens (including phenoxy) is 1. The molecule has 0 saturated heterocycles. The predicted octanol–water partition coefficient (Wildman–Crippen LogP) is 3.75. The van der Waals surface area contributed by atoms with Crippen molar-refractivity contribution in [2.24, 2.45) is 0 Å². The zero-order valence-electron chi connectivity index (χ0n) is 10.3. The Kier molecular flexibility index (Phi) is 2.87. The molecule has 1 aliphatic carbocycles. The van der Waals surface area contributed by atoms with Gasteiger partial charge in [0.05, 0.1) is 5.52 Å². The van der Waals surface area contributed by atoms with E-state index in [1.807, 2.05) is 0 Å². The third-order valence-electron chi connectivity index (χ3n) is 3.10. The van der Waals surface area contributed by atoms with Crippen molar-refractivity contribution in [3.05, 3.63) is 65.9 Å². The van der Waals surface area contributed by atoms with Crippen LogP contribution in [-0.2, 0) is 11.5 Å². The monoisotopic (exact) mass is 237 g/mol. The van der Waals surface area contributed by atoms with Gasteiger partial charge in [0.15, 0.2) is 0 Å². The molecule has 0 spiro atoms. The lowest BCUT2D eigenvalue weighted by atomic mass is 10.1. The van der Waals surface area contributed by atoms with E-state index in [-0.39, 0.29) is 0 Å². The van der Waals surface area contributed by atoms with Crippen molar-refractivity contribution in [3.63, 3.8) is 0 Å². The van der Waals surface area contributed by atoms with Gasteiger partial charge in [-0.05, 0) is 17.7 Å². The maximum absolute atomic E-state index is 5.23. The third kappa shape index (κ3) is 1.91. The summed E-state index contributed by atoms with van der Waals surface area (Å²) in [5.74, 6) is 0. The van der Waals surface area contributed by atoms with Gasteiger partial charge in [-0.25, -0.2) is 0 Å². The Morgan fingerprint density at radius 3 is 2.72 bits per heavy atom. The normalized spacial score (nSPS) is 13.7. The summed E-state index contributed by atoms with van der Waals surface area (Å²) < 4.78 is 7.36. The quantitative estimate of drug-likeness (QED) is 0.793. The Labute approximate surface area is 106 Å². The molecular weight excluding hydrogens is 222 g/mol. The SMILES string of the molecule is COCn1cc(C=C2C=CC=C2)c2ccccc21. The Morgan fingerprint density at radius 2 is 1.94 bits per heavy atom. The van der Waals surface area contributed by atoms with Crippen LogP contribution in [0.3, 0.4) is 0 Å². The molecule has 0 saturated carbocycles. The van der Waals surface area contributed by atoms with Crippen molar-refractivity contribution in [1.82, 2.24) is 4.57 Å². The highest BCUT2D eigenvalue weighted by Crippen LogP contribution is 2.24. The van der Waals surface area contributed by atoms with Crippen LogP contribution in [0.4, 0.5) is 0 Å². The minimum Gasteiger partial charge on any atom is -0.364 e. The Balaban J connectivity index is 2.14. The van der Waals surface area contributed by atoms with Gasteiger partial charge in [0.1, 0.15) is 6.73 Å². The molecule has 1 aromatic carbocycles. The number of hydrogen-bond acceptors (Lipinski definition) is 1. The molecule has 0 amide bonds. The van der Waals surface area contributed by atoms with Gasteiger partial charge in [-0.1, -0.05) is 42.5 Å². The first-order chi connectivity index (χ1) is 8.88. The second kappa shape index (κ2) is 4.67. The number of para-hydroxylation sites is 1. The average Bonchev–Trinajstić information content (AvgIpc) is 3.00. The number of benzene rings is 1. The van der Waals surface area contributed by atoms with Crippen LogP contribution < -0.4 is 0 Å².